The van der Waals surface area contributed by atoms with E-state index < -0.39 is 0 Å². The summed E-state index contributed by atoms with van der Waals surface area (Å²) < 4.78 is 0. The third-order valence-electron chi connectivity index (χ3n) is 5.29. The Bertz CT molecular complexity index is 585. The largest absolute Gasteiger partial charge is 0.353 e. The monoisotopic (exact) mass is 333 g/mol. The Morgan fingerprint density at radius 3 is 2.57 bits per heavy atom. The standard InChI is InChI=1S/C19H24ClNO2/c1-12(9-13-5-2-3-8-17(13)20)21-19(23)16-10-14-6-4-7-15(11-16)18(14)22/h2-3,5,8,12,14-16H,4,6-7,9-11H2,1H3,(H,21,23)/t12-,14-,15+,16?/m1/s1. The second kappa shape index (κ2) is 7.04. The van der Waals surface area contributed by atoms with E-state index in [1.807, 2.05) is 31.2 Å². The first kappa shape index (κ1) is 16.5. The zero-order valence-electron chi connectivity index (χ0n) is 13.6. The molecule has 4 atom stereocenters. The lowest BCUT2D eigenvalue weighted by atomic mass is 9.67. The lowest BCUT2D eigenvalue weighted by Crippen LogP contribution is -2.45. The number of Topliss-reactive ketones (excluding diaryl/α,β-unsaturated/α-hetero) is 1. The fourth-order valence-corrected chi connectivity index (χ4v) is 4.31. The molecule has 2 bridgehead atoms. The Balaban J connectivity index is 1.57. The molecule has 0 saturated heterocycles. The highest BCUT2D eigenvalue weighted by Crippen LogP contribution is 2.40. The zero-order valence-corrected chi connectivity index (χ0v) is 14.3. The topological polar surface area (TPSA) is 46.2 Å². The van der Waals surface area contributed by atoms with Crippen molar-refractivity contribution in [3.05, 3.63) is 34.9 Å². The van der Waals surface area contributed by atoms with Gasteiger partial charge in [0.2, 0.25) is 5.91 Å². The molecule has 2 aliphatic carbocycles. The highest BCUT2D eigenvalue weighted by molar-refractivity contribution is 6.31. The number of nitrogens with one attached hydrogen (secondary N) is 1. The molecule has 3 rings (SSSR count). The van der Waals surface area contributed by atoms with Gasteiger partial charge in [0.1, 0.15) is 5.78 Å². The third-order valence-corrected chi connectivity index (χ3v) is 5.66. The maximum absolute atomic E-state index is 12.6. The average Bonchev–Trinajstić information content (AvgIpc) is 2.49. The van der Waals surface area contributed by atoms with Gasteiger partial charge in [0.05, 0.1) is 0 Å². The van der Waals surface area contributed by atoms with Crippen molar-refractivity contribution < 1.29 is 9.59 Å². The van der Waals surface area contributed by atoms with E-state index in [2.05, 4.69) is 5.32 Å². The first-order valence-electron chi connectivity index (χ1n) is 8.62. The molecule has 2 aliphatic rings. The van der Waals surface area contributed by atoms with Crippen LogP contribution >= 0.6 is 11.6 Å². The summed E-state index contributed by atoms with van der Waals surface area (Å²) in [6.45, 7) is 2.01. The number of ketones is 1. The van der Waals surface area contributed by atoms with Crippen molar-refractivity contribution in [3.8, 4) is 0 Å². The van der Waals surface area contributed by atoms with Gasteiger partial charge in [-0.1, -0.05) is 36.2 Å². The van der Waals surface area contributed by atoms with E-state index in [1.165, 1.54) is 0 Å². The van der Waals surface area contributed by atoms with Crippen LogP contribution in [0.15, 0.2) is 24.3 Å². The number of hydrogen-bond donors (Lipinski definition) is 1. The number of hydrogen-bond acceptors (Lipinski definition) is 2. The van der Waals surface area contributed by atoms with Crippen molar-refractivity contribution in [1.29, 1.82) is 0 Å². The molecule has 23 heavy (non-hydrogen) atoms. The van der Waals surface area contributed by atoms with Crippen molar-refractivity contribution in [2.75, 3.05) is 0 Å². The maximum atomic E-state index is 12.6. The Hall–Kier alpha value is -1.35. The van der Waals surface area contributed by atoms with E-state index in [0.29, 0.717) is 5.78 Å². The minimum absolute atomic E-state index is 0.00306. The molecule has 1 N–H and O–H groups in total. The normalized spacial score (nSPS) is 28.3. The van der Waals surface area contributed by atoms with Crippen molar-refractivity contribution in [2.24, 2.45) is 17.8 Å². The molecule has 1 aromatic carbocycles. The van der Waals surface area contributed by atoms with Crippen LogP contribution in [0.3, 0.4) is 0 Å². The van der Waals surface area contributed by atoms with Crippen LogP contribution in [0, 0.1) is 17.8 Å². The van der Waals surface area contributed by atoms with Gasteiger partial charge in [-0.3, -0.25) is 9.59 Å². The summed E-state index contributed by atoms with van der Waals surface area (Å²) in [7, 11) is 0. The van der Waals surface area contributed by atoms with Gasteiger partial charge in [-0.15, -0.1) is 0 Å². The van der Waals surface area contributed by atoms with Crippen LogP contribution in [-0.2, 0) is 16.0 Å². The van der Waals surface area contributed by atoms with Crippen LogP contribution in [0.1, 0.15) is 44.6 Å². The number of carbonyl (C=O) groups is 2. The van der Waals surface area contributed by atoms with Crippen molar-refractivity contribution in [3.63, 3.8) is 0 Å². The second-order valence-electron chi connectivity index (χ2n) is 7.10. The fourth-order valence-electron chi connectivity index (χ4n) is 4.10. The summed E-state index contributed by atoms with van der Waals surface area (Å²) in [5, 5.41) is 3.86. The van der Waals surface area contributed by atoms with Crippen LogP contribution in [-0.4, -0.2) is 17.7 Å². The predicted molar refractivity (Wildman–Crippen MR) is 91.3 cm³/mol. The Kier molecular flexibility index (Phi) is 5.05. The number of fused-ring (bicyclic) bond motifs is 2. The molecule has 2 saturated carbocycles. The molecule has 4 heteroatoms. The molecular weight excluding hydrogens is 310 g/mol. The second-order valence-corrected chi connectivity index (χ2v) is 7.51. The molecule has 1 aromatic rings. The minimum Gasteiger partial charge on any atom is -0.353 e. The highest BCUT2D eigenvalue weighted by atomic mass is 35.5. The minimum atomic E-state index is -0.00306. The summed E-state index contributed by atoms with van der Waals surface area (Å²) in [6.07, 6.45) is 5.27. The lowest BCUT2D eigenvalue weighted by Gasteiger charge is -2.37. The molecule has 3 nitrogen and oxygen atoms in total. The Morgan fingerprint density at radius 1 is 1.26 bits per heavy atom. The molecule has 1 amide bonds. The van der Waals surface area contributed by atoms with Crippen LogP contribution in [0.4, 0.5) is 0 Å². The van der Waals surface area contributed by atoms with E-state index in [4.69, 9.17) is 11.6 Å². The van der Waals surface area contributed by atoms with E-state index in [-0.39, 0.29) is 29.7 Å². The summed E-state index contributed by atoms with van der Waals surface area (Å²) >= 11 is 6.18. The van der Waals surface area contributed by atoms with Crippen LogP contribution < -0.4 is 5.32 Å². The number of halogens is 1. The van der Waals surface area contributed by atoms with Crippen LogP contribution in [0.5, 0.6) is 0 Å². The van der Waals surface area contributed by atoms with Gasteiger partial charge >= 0.3 is 0 Å². The summed E-state index contributed by atoms with van der Waals surface area (Å²) in [6, 6.07) is 7.78. The van der Waals surface area contributed by atoms with Crippen molar-refractivity contribution >= 4 is 23.3 Å². The van der Waals surface area contributed by atoms with E-state index in [0.717, 1.165) is 49.1 Å². The van der Waals surface area contributed by atoms with Gasteiger partial charge in [-0.2, -0.15) is 0 Å². The van der Waals surface area contributed by atoms with Gasteiger partial charge in [0.25, 0.3) is 0 Å². The van der Waals surface area contributed by atoms with Gasteiger partial charge in [-0.05, 0) is 50.7 Å². The van der Waals surface area contributed by atoms with E-state index in [1.54, 1.807) is 0 Å². The van der Waals surface area contributed by atoms with Gasteiger partial charge < -0.3 is 5.32 Å². The number of benzene rings is 1. The predicted octanol–water partition coefficient (Wildman–Crippen LogP) is 3.78. The third kappa shape index (κ3) is 3.77. The number of rotatable bonds is 4. The van der Waals surface area contributed by atoms with Crippen molar-refractivity contribution in [2.45, 2.75) is 51.5 Å². The van der Waals surface area contributed by atoms with E-state index >= 15 is 0 Å². The molecule has 0 spiro atoms. The summed E-state index contributed by atoms with van der Waals surface area (Å²) in [4.78, 5) is 24.7. The SMILES string of the molecule is C[C@H](Cc1ccccc1Cl)NC(=O)C1C[C@H]2CCC[C@@H](C1)C2=O. The molecule has 1 unspecified atom stereocenters. The van der Waals surface area contributed by atoms with Crippen LogP contribution in [0.25, 0.3) is 0 Å². The van der Waals surface area contributed by atoms with Crippen LogP contribution in [0.2, 0.25) is 5.02 Å². The van der Waals surface area contributed by atoms with Gasteiger partial charge in [-0.25, -0.2) is 0 Å². The molecule has 2 fully saturated rings. The summed E-state index contributed by atoms with van der Waals surface area (Å²) in [5.41, 5.74) is 1.05. The lowest BCUT2D eigenvalue weighted by molar-refractivity contribution is -0.137. The maximum Gasteiger partial charge on any atom is 0.223 e. The fraction of sp³-hybridized carbons (Fsp3) is 0.579. The smallest absolute Gasteiger partial charge is 0.223 e. The van der Waals surface area contributed by atoms with E-state index in [9.17, 15) is 9.59 Å². The molecule has 0 aliphatic heterocycles. The van der Waals surface area contributed by atoms with Gasteiger partial charge in [0, 0.05) is 28.8 Å². The first-order chi connectivity index (χ1) is 11.0. The molecule has 0 heterocycles. The molecule has 0 radical (unpaired) electrons. The molecule has 0 aromatic heterocycles. The summed E-state index contributed by atoms with van der Waals surface area (Å²) in [5.74, 6) is 0.754. The average molecular weight is 334 g/mol. The van der Waals surface area contributed by atoms with Crippen molar-refractivity contribution in [1.82, 2.24) is 5.32 Å². The zero-order chi connectivity index (χ0) is 16.4. The number of amides is 1. The first-order valence-corrected chi connectivity index (χ1v) is 9.00. The quantitative estimate of drug-likeness (QED) is 0.911. The number of carbonyl (C=O) groups excluding carboxylic acids is 2. The Labute approximate surface area is 142 Å². The molecule has 124 valence electrons. The molecular formula is C19H24ClNO2. The highest BCUT2D eigenvalue weighted by Gasteiger charge is 2.41. The van der Waals surface area contributed by atoms with Gasteiger partial charge in [0.15, 0.2) is 0 Å². The Morgan fingerprint density at radius 2 is 1.91 bits per heavy atom.